The molecule has 1 atom stereocenters. The van der Waals surface area contributed by atoms with Gasteiger partial charge >= 0.3 is 0 Å². The van der Waals surface area contributed by atoms with E-state index in [9.17, 15) is 4.39 Å². The van der Waals surface area contributed by atoms with Gasteiger partial charge in [-0.2, -0.15) is 5.26 Å². The minimum absolute atomic E-state index is 0.0376. The fourth-order valence-corrected chi connectivity index (χ4v) is 1.32. The smallest absolute Gasteiger partial charge is 0.144 e. The average molecular weight is 222 g/mol. The third-order valence-corrected chi connectivity index (χ3v) is 2.15. The van der Waals surface area contributed by atoms with Gasteiger partial charge in [-0.1, -0.05) is 6.92 Å². The lowest BCUT2D eigenvalue weighted by Gasteiger charge is -2.12. The predicted molar refractivity (Wildman–Crippen MR) is 59.7 cm³/mol. The van der Waals surface area contributed by atoms with E-state index in [0.29, 0.717) is 18.3 Å². The number of nitriles is 1. The number of ether oxygens (including phenoxy) is 1. The van der Waals surface area contributed by atoms with Crippen molar-refractivity contribution in [3.05, 3.63) is 29.6 Å². The lowest BCUT2D eigenvalue weighted by molar-refractivity contribution is 0.257. The first kappa shape index (κ1) is 12.5. The normalized spacial score (nSPS) is 11.9. The van der Waals surface area contributed by atoms with Gasteiger partial charge < -0.3 is 10.1 Å². The number of nitrogens with one attached hydrogen (secondary N) is 1. The summed E-state index contributed by atoms with van der Waals surface area (Å²) < 4.78 is 18.6. The predicted octanol–water partition coefficient (Wildman–Crippen LogP) is 1.93. The molecule has 0 fully saturated rings. The fourth-order valence-electron chi connectivity index (χ4n) is 1.32. The molecule has 0 heterocycles. The second kappa shape index (κ2) is 6.09. The summed E-state index contributed by atoms with van der Waals surface area (Å²) >= 11 is 0. The molecule has 16 heavy (non-hydrogen) atoms. The summed E-state index contributed by atoms with van der Waals surface area (Å²) in [5, 5.41) is 11.6. The van der Waals surface area contributed by atoms with Gasteiger partial charge in [0.2, 0.25) is 0 Å². The molecular formula is C12H15FN2O. The van der Waals surface area contributed by atoms with Crippen molar-refractivity contribution in [1.82, 2.24) is 5.32 Å². The molecule has 0 radical (unpaired) electrons. The van der Waals surface area contributed by atoms with Crippen LogP contribution in [0.5, 0.6) is 5.75 Å². The largest absolute Gasteiger partial charge is 0.493 e. The molecule has 0 aliphatic rings. The highest BCUT2D eigenvalue weighted by Crippen LogP contribution is 2.16. The third kappa shape index (κ3) is 3.52. The maximum atomic E-state index is 13.2. The molecule has 0 aliphatic carbocycles. The highest BCUT2D eigenvalue weighted by molar-refractivity contribution is 5.36. The first-order chi connectivity index (χ1) is 7.67. The molecule has 1 unspecified atom stereocenters. The van der Waals surface area contributed by atoms with Crippen LogP contribution < -0.4 is 10.1 Å². The molecular weight excluding hydrogens is 207 g/mol. The van der Waals surface area contributed by atoms with Gasteiger partial charge in [-0.3, -0.25) is 0 Å². The van der Waals surface area contributed by atoms with Gasteiger partial charge in [-0.05, 0) is 19.2 Å². The monoisotopic (exact) mass is 222 g/mol. The van der Waals surface area contributed by atoms with E-state index in [-0.39, 0.29) is 5.56 Å². The molecule has 0 amide bonds. The van der Waals surface area contributed by atoms with E-state index >= 15 is 0 Å². The van der Waals surface area contributed by atoms with Gasteiger partial charge in [-0.25, -0.2) is 4.39 Å². The van der Waals surface area contributed by atoms with Gasteiger partial charge in [0.15, 0.2) is 0 Å². The topological polar surface area (TPSA) is 45.0 Å². The molecule has 86 valence electrons. The Hall–Kier alpha value is -1.60. The summed E-state index contributed by atoms with van der Waals surface area (Å²) in [6, 6.07) is 6.04. The molecule has 1 N–H and O–H groups in total. The molecule has 0 aliphatic heterocycles. The second-order valence-corrected chi connectivity index (χ2v) is 3.73. The Morgan fingerprint density at radius 3 is 2.88 bits per heavy atom. The summed E-state index contributed by atoms with van der Waals surface area (Å²) in [4.78, 5) is 0. The number of hydrogen-bond acceptors (Lipinski definition) is 3. The fraction of sp³-hybridized carbons (Fsp3) is 0.417. The van der Waals surface area contributed by atoms with Crippen molar-refractivity contribution in [1.29, 1.82) is 5.26 Å². The van der Waals surface area contributed by atoms with Crippen molar-refractivity contribution < 1.29 is 9.13 Å². The van der Waals surface area contributed by atoms with Gasteiger partial charge in [0.1, 0.15) is 17.6 Å². The van der Waals surface area contributed by atoms with Crippen molar-refractivity contribution in [2.24, 2.45) is 5.92 Å². The van der Waals surface area contributed by atoms with Gasteiger partial charge in [0.25, 0.3) is 0 Å². The number of hydrogen-bond donors (Lipinski definition) is 1. The van der Waals surface area contributed by atoms with Crippen LogP contribution in [0.2, 0.25) is 0 Å². The highest BCUT2D eigenvalue weighted by atomic mass is 19.1. The van der Waals surface area contributed by atoms with Crippen molar-refractivity contribution >= 4 is 0 Å². The average Bonchev–Trinajstić information content (AvgIpc) is 2.27. The Morgan fingerprint density at radius 1 is 1.56 bits per heavy atom. The first-order valence-corrected chi connectivity index (χ1v) is 5.14. The summed E-state index contributed by atoms with van der Waals surface area (Å²) in [6.07, 6.45) is 0. The maximum Gasteiger partial charge on any atom is 0.144 e. The van der Waals surface area contributed by atoms with Crippen LogP contribution in [0.3, 0.4) is 0 Å². The van der Waals surface area contributed by atoms with E-state index in [4.69, 9.17) is 10.00 Å². The van der Waals surface area contributed by atoms with E-state index < -0.39 is 5.82 Å². The second-order valence-electron chi connectivity index (χ2n) is 3.73. The Morgan fingerprint density at radius 2 is 2.31 bits per heavy atom. The van der Waals surface area contributed by atoms with Crippen molar-refractivity contribution in [2.45, 2.75) is 6.92 Å². The Kier molecular flexibility index (Phi) is 4.74. The van der Waals surface area contributed by atoms with Crippen LogP contribution in [0.4, 0.5) is 4.39 Å². The van der Waals surface area contributed by atoms with Crippen LogP contribution in [0.15, 0.2) is 18.2 Å². The number of benzene rings is 1. The van der Waals surface area contributed by atoms with Crippen molar-refractivity contribution in [3.8, 4) is 11.8 Å². The SMILES string of the molecule is CNCC(C)COc1ccc(C#N)c(F)c1. The summed E-state index contributed by atoms with van der Waals surface area (Å²) in [5.41, 5.74) is 0.0376. The first-order valence-electron chi connectivity index (χ1n) is 5.14. The molecule has 0 aromatic heterocycles. The van der Waals surface area contributed by atoms with Crippen LogP contribution in [-0.4, -0.2) is 20.2 Å². The standard InChI is InChI=1S/C12H15FN2O/c1-9(7-15-2)8-16-11-4-3-10(6-14)12(13)5-11/h3-5,9,15H,7-8H2,1-2H3. The maximum absolute atomic E-state index is 13.2. The van der Waals surface area contributed by atoms with E-state index in [1.807, 2.05) is 14.0 Å². The van der Waals surface area contributed by atoms with E-state index in [1.54, 1.807) is 12.1 Å². The van der Waals surface area contributed by atoms with Crippen LogP contribution in [0, 0.1) is 23.1 Å². The molecule has 4 heteroatoms. The van der Waals surface area contributed by atoms with E-state index in [1.165, 1.54) is 12.1 Å². The van der Waals surface area contributed by atoms with Crippen molar-refractivity contribution in [2.75, 3.05) is 20.2 Å². The highest BCUT2D eigenvalue weighted by Gasteiger charge is 2.05. The molecule has 3 nitrogen and oxygen atoms in total. The van der Waals surface area contributed by atoms with Gasteiger partial charge in [-0.15, -0.1) is 0 Å². The van der Waals surface area contributed by atoms with Crippen LogP contribution in [0.1, 0.15) is 12.5 Å². The Balaban J connectivity index is 2.56. The van der Waals surface area contributed by atoms with Gasteiger partial charge in [0.05, 0.1) is 12.2 Å². The number of nitrogens with zero attached hydrogens (tertiary/aromatic N) is 1. The van der Waals surface area contributed by atoms with Gasteiger partial charge in [0, 0.05) is 18.5 Å². The molecule has 0 bridgehead atoms. The van der Waals surface area contributed by atoms with Crippen molar-refractivity contribution in [3.63, 3.8) is 0 Å². The summed E-state index contributed by atoms with van der Waals surface area (Å²) in [7, 11) is 1.87. The quantitative estimate of drug-likeness (QED) is 0.828. The lowest BCUT2D eigenvalue weighted by Crippen LogP contribution is -2.21. The molecule has 1 rings (SSSR count). The minimum Gasteiger partial charge on any atom is -0.493 e. The molecule has 0 spiro atoms. The van der Waals surface area contributed by atoms with Crippen LogP contribution >= 0.6 is 0 Å². The van der Waals surface area contributed by atoms with E-state index in [0.717, 1.165) is 6.54 Å². The Labute approximate surface area is 94.8 Å². The summed E-state index contributed by atoms with van der Waals surface area (Å²) in [6.45, 7) is 3.40. The zero-order valence-electron chi connectivity index (χ0n) is 9.46. The zero-order chi connectivity index (χ0) is 12.0. The minimum atomic E-state index is -0.540. The molecule has 1 aromatic rings. The molecule has 0 saturated carbocycles. The van der Waals surface area contributed by atoms with Crippen LogP contribution in [0.25, 0.3) is 0 Å². The third-order valence-electron chi connectivity index (χ3n) is 2.15. The van der Waals surface area contributed by atoms with E-state index in [2.05, 4.69) is 5.32 Å². The zero-order valence-corrected chi connectivity index (χ0v) is 9.46. The molecule has 0 saturated heterocycles. The number of rotatable bonds is 5. The Bertz CT molecular complexity index is 387. The van der Waals surface area contributed by atoms with Crippen LogP contribution in [-0.2, 0) is 0 Å². The summed E-state index contributed by atoms with van der Waals surface area (Å²) in [5.74, 6) is 0.268. The number of halogens is 1. The molecule has 1 aromatic carbocycles. The lowest BCUT2D eigenvalue weighted by atomic mass is 10.2.